The minimum Gasteiger partial charge on any atom is -0.493 e. The molecule has 0 bridgehead atoms. The lowest BCUT2D eigenvalue weighted by Gasteiger charge is -2.33. The van der Waals surface area contributed by atoms with Gasteiger partial charge in [-0.15, -0.1) is 12.4 Å². The van der Waals surface area contributed by atoms with Crippen molar-refractivity contribution in [2.75, 3.05) is 31.2 Å². The van der Waals surface area contributed by atoms with Gasteiger partial charge in [0, 0.05) is 24.9 Å². The van der Waals surface area contributed by atoms with Gasteiger partial charge in [-0.2, -0.15) is 4.31 Å². The number of rotatable bonds is 8. The number of hydrogen-bond donors (Lipinski definition) is 1. The highest BCUT2D eigenvalue weighted by molar-refractivity contribution is 7.91. The van der Waals surface area contributed by atoms with Crippen molar-refractivity contribution in [2.45, 2.75) is 37.1 Å². The van der Waals surface area contributed by atoms with Gasteiger partial charge in [0.25, 0.3) is 0 Å². The van der Waals surface area contributed by atoms with Crippen LogP contribution >= 0.6 is 12.4 Å². The molecular formula is C16H27ClN2O5S2. The minimum absolute atomic E-state index is 0. The average Bonchev–Trinajstić information content (AvgIpc) is 2.62. The monoisotopic (exact) mass is 426 g/mol. The van der Waals surface area contributed by atoms with Crippen LogP contribution in [0.3, 0.4) is 0 Å². The quantitative estimate of drug-likeness (QED) is 0.673. The lowest BCUT2D eigenvalue weighted by Crippen LogP contribution is -2.47. The number of nitrogens with zero attached hydrogens (tertiary/aromatic N) is 1. The van der Waals surface area contributed by atoms with Crippen molar-refractivity contribution >= 4 is 32.3 Å². The molecule has 0 radical (unpaired) electrons. The molecule has 1 aromatic rings. The molecular weight excluding hydrogens is 400 g/mol. The third-order valence-corrected chi connectivity index (χ3v) is 8.01. The summed E-state index contributed by atoms with van der Waals surface area (Å²) in [5.74, 6) is 0.459. The Bertz CT molecular complexity index is 766. The second-order valence-corrected chi connectivity index (χ2v) is 10.4. The molecule has 0 spiro atoms. The van der Waals surface area contributed by atoms with Gasteiger partial charge in [-0.3, -0.25) is 0 Å². The number of hydrogen-bond acceptors (Lipinski definition) is 6. The van der Waals surface area contributed by atoms with Gasteiger partial charge >= 0.3 is 0 Å². The van der Waals surface area contributed by atoms with Crippen LogP contribution in [0.15, 0.2) is 29.2 Å². The van der Waals surface area contributed by atoms with Crippen LogP contribution in [0, 0.1) is 0 Å². The molecule has 1 fully saturated rings. The van der Waals surface area contributed by atoms with Crippen LogP contribution in [-0.2, 0) is 19.9 Å². The summed E-state index contributed by atoms with van der Waals surface area (Å²) in [6.07, 6.45) is 2.60. The Kier molecular flexibility index (Phi) is 8.81. The fraction of sp³-hybridized carbons (Fsp3) is 0.625. The van der Waals surface area contributed by atoms with Gasteiger partial charge in [-0.05, 0) is 37.1 Å². The van der Waals surface area contributed by atoms with Crippen LogP contribution in [0.25, 0.3) is 0 Å². The molecule has 0 aliphatic carbocycles. The predicted octanol–water partition coefficient (Wildman–Crippen LogP) is 1.42. The second-order valence-electron chi connectivity index (χ2n) is 6.06. The first kappa shape index (κ1) is 23.2. The van der Waals surface area contributed by atoms with Crippen LogP contribution < -0.4 is 10.5 Å². The molecule has 1 aliphatic rings. The first-order valence-corrected chi connectivity index (χ1v) is 11.7. The van der Waals surface area contributed by atoms with E-state index in [-0.39, 0.29) is 41.5 Å². The smallest absolute Gasteiger partial charge is 0.243 e. The van der Waals surface area contributed by atoms with Crippen molar-refractivity contribution < 1.29 is 21.6 Å². The Morgan fingerprint density at radius 2 is 1.81 bits per heavy atom. The number of piperidine rings is 1. The lowest BCUT2D eigenvalue weighted by molar-refractivity contribution is 0.257. The second kappa shape index (κ2) is 9.89. The van der Waals surface area contributed by atoms with Crippen molar-refractivity contribution in [3.63, 3.8) is 0 Å². The van der Waals surface area contributed by atoms with Crippen LogP contribution in [-0.4, -0.2) is 58.4 Å². The first-order valence-electron chi connectivity index (χ1n) is 8.45. The molecule has 0 aromatic heterocycles. The van der Waals surface area contributed by atoms with Gasteiger partial charge < -0.3 is 10.5 Å². The van der Waals surface area contributed by atoms with Crippen molar-refractivity contribution in [1.82, 2.24) is 4.31 Å². The number of ether oxygens (including phenoxy) is 1. The van der Waals surface area contributed by atoms with Crippen molar-refractivity contribution in [1.29, 1.82) is 0 Å². The van der Waals surface area contributed by atoms with Gasteiger partial charge in [0.1, 0.15) is 12.4 Å². The van der Waals surface area contributed by atoms with Gasteiger partial charge in [0.15, 0.2) is 9.84 Å². The maximum Gasteiger partial charge on any atom is 0.243 e. The Balaban J connectivity index is 0.00000338. The maximum absolute atomic E-state index is 12.8. The molecule has 1 unspecified atom stereocenters. The van der Waals surface area contributed by atoms with Gasteiger partial charge in [0.05, 0.1) is 10.6 Å². The standard InChI is InChI=1S/C16H26N2O5S2.ClH/c1-2-24(19,20)12-11-23-15-6-8-16(9-7-15)25(21,22)18-10-4-3-5-14(18)13-17;/h6-9,14H,2-5,10-13,17H2,1H3;1H. The number of nitrogens with two attached hydrogens (primary N) is 1. The fourth-order valence-electron chi connectivity index (χ4n) is 2.80. The van der Waals surface area contributed by atoms with E-state index in [9.17, 15) is 16.8 Å². The normalized spacial score (nSPS) is 18.9. The summed E-state index contributed by atoms with van der Waals surface area (Å²) in [6.45, 7) is 2.43. The third kappa shape index (κ3) is 5.82. The molecule has 10 heteroatoms. The summed E-state index contributed by atoms with van der Waals surface area (Å²) in [5.41, 5.74) is 5.72. The largest absolute Gasteiger partial charge is 0.493 e. The molecule has 1 aliphatic heterocycles. The number of benzene rings is 1. The Labute approximate surface area is 162 Å². The zero-order valence-corrected chi connectivity index (χ0v) is 17.3. The Hall–Kier alpha value is -0.870. The van der Waals surface area contributed by atoms with Crippen LogP contribution in [0.4, 0.5) is 0 Å². The zero-order valence-electron chi connectivity index (χ0n) is 14.8. The van der Waals surface area contributed by atoms with E-state index < -0.39 is 19.9 Å². The van der Waals surface area contributed by atoms with E-state index in [2.05, 4.69) is 0 Å². The molecule has 1 atom stereocenters. The zero-order chi connectivity index (χ0) is 18.5. The van der Waals surface area contributed by atoms with E-state index >= 15 is 0 Å². The minimum atomic E-state index is -3.59. The molecule has 1 aromatic carbocycles. The highest BCUT2D eigenvalue weighted by Gasteiger charge is 2.32. The molecule has 0 saturated carbocycles. The van der Waals surface area contributed by atoms with Crippen LogP contribution in [0.2, 0.25) is 0 Å². The SMILES string of the molecule is CCS(=O)(=O)CCOc1ccc(S(=O)(=O)N2CCCCC2CN)cc1.Cl. The van der Waals surface area contributed by atoms with E-state index in [0.29, 0.717) is 18.8 Å². The van der Waals surface area contributed by atoms with Crippen LogP contribution in [0.1, 0.15) is 26.2 Å². The number of sulfone groups is 1. The molecule has 1 heterocycles. The molecule has 7 nitrogen and oxygen atoms in total. The Morgan fingerprint density at radius 1 is 1.15 bits per heavy atom. The molecule has 150 valence electrons. The van der Waals surface area contributed by atoms with E-state index in [1.165, 1.54) is 16.4 Å². The summed E-state index contributed by atoms with van der Waals surface area (Å²) >= 11 is 0. The number of halogens is 1. The van der Waals surface area contributed by atoms with Gasteiger partial charge in [-0.25, -0.2) is 16.8 Å². The summed E-state index contributed by atoms with van der Waals surface area (Å²) in [7, 11) is -6.67. The Morgan fingerprint density at radius 3 is 2.38 bits per heavy atom. The van der Waals surface area contributed by atoms with Crippen LogP contribution in [0.5, 0.6) is 5.75 Å². The summed E-state index contributed by atoms with van der Waals surface area (Å²) in [6, 6.07) is 5.91. The summed E-state index contributed by atoms with van der Waals surface area (Å²) < 4.78 is 55.4. The van der Waals surface area contributed by atoms with Gasteiger partial charge in [-0.1, -0.05) is 13.3 Å². The van der Waals surface area contributed by atoms with Crippen molar-refractivity contribution in [3.05, 3.63) is 24.3 Å². The topological polar surface area (TPSA) is 107 Å². The van der Waals surface area contributed by atoms with E-state index in [1.807, 2.05) is 0 Å². The highest BCUT2D eigenvalue weighted by Crippen LogP contribution is 2.26. The molecule has 2 rings (SSSR count). The molecule has 1 saturated heterocycles. The van der Waals surface area contributed by atoms with E-state index in [4.69, 9.17) is 10.5 Å². The fourth-order valence-corrected chi connectivity index (χ4v) is 5.13. The maximum atomic E-state index is 12.8. The molecule has 0 amide bonds. The van der Waals surface area contributed by atoms with E-state index in [1.54, 1.807) is 19.1 Å². The summed E-state index contributed by atoms with van der Waals surface area (Å²) in [4.78, 5) is 0.196. The van der Waals surface area contributed by atoms with E-state index in [0.717, 1.165) is 19.3 Å². The van der Waals surface area contributed by atoms with Crippen molar-refractivity contribution in [2.24, 2.45) is 5.73 Å². The third-order valence-electron chi connectivity index (χ3n) is 4.38. The molecule has 26 heavy (non-hydrogen) atoms. The summed E-state index contributed by atoms with van der Waals surface area (Å²) in [5, 5.41) is 0. The van der Waals surface area contributed by atoms with Gasteiger partial charge in [0.2, 0.25) is 10.0 Å². The molecule has 2 N–H and O–H groups in total. The van der Waals surface area contributed by atoms with Crippen molar-refractivity contribution in [3.8, 4) is 5.75 Å². The predicted molar refractivity (Wildman–Crippen MR) is 104 cm³/mol. The average molecular weight is 427 g/mol. The lowest BCUT2D eigenvalue weighted by atomic mass is 10.1. The highest BCUT2D eigenvalue weighted by atomic mass is 35.5. The first-order chi connectivity index (χ1) is 11.8. The number of sulfonamides is 1.